The third-order valence-corrected chi connectivity index (χ3v) is 5.60. The standard InChI is InChI=1S/C23H24N2O4S/c1-18(19-11-5-3-6-12-19)24-23(26)17-25(30(2,27)28)21-15-9-10-16-22(21)29-20-13-7-4-8-14-20/h3-16,18H,17H2,1-2H3,(H,24,26). The van der Waals surface area contributed by atoms with Crippen LogP contribution >= 0.6 is 0 Å². The minimum atomic E-state index is -3.74. The summed E-state index contributed by atoms with van der Waals surface area (Å²) >= 11 is 0. The summed E-state index contributed by atoms with van der Waals surface area (Å²) in [5.41, 5.74) is 1.23. The zero-order valence-corrected chi connectivity index (χ0v) is 17.7. The molecular formula is C23H24N2O4S. The summed E-state index contributed by atoms with van der Waals surface area (Å²) in [4.78, 5) is 12.7. The van der Waals surface area contributed by atoms with Crippen molar-refractivity contribution in [3.05, 3.63) is 90.5 Å². The first-order valence-corrected chi connectivity index (χ1v) is 11.3. The smallest absolute Gasteiger partial charge is 0.241 e. The van der Waals surface area contributed by atoms with Gasteiger partial charge in [-0.15, -0.1) is 0 Å². The van der Waals surface area contributed by atoms with Crippen molar-refractivity contribution in [2.75, 3.05) is 17.1 Å². The molecule has 3 aromatic carbocycles. The zero-order chi connectivity index (χ0) is 21.6. The van der Waals surface area contributed by atoms with Crippen LogP contribution in [0.15, 0.2) is 84.9 Å². The Hall–Kier alpha value is -3.32. The predicted molar refractivity (Wildman–Crippen MR) is 118 cm³/mol. The number of carbonyl (C=O) groups excluding carboxylic acids is 1. The van der Waals surface area contributed by atoms with Crippen molar-refractivity contribution >= 4 is 21.6 Å². The van der Waals surface area contributed by atoms with Crippen molar-refractivity contribution < 1.29 is 17.9 Å². The fraction of sp³-hybridized carbons (Fsp3) is 0.174. The fourth-order valence-corrected chi connectivity index (χ4v) is 3.85. The van der Waals surface area contributed by atoms with Crippen LogP contribution in [0.1, 0.15) is 18.5 Å². The molecule has 0 saturated heterocycles. The van der Waals surface area contributed by atoms with Crippen molar-refractivity contribution in [2.24, 2.45) is 0 Å². The number of hydrogen-bond acceptors (Lipinski definition) is 4. The van der Waals surface area contributed by atoms with Crippen molar-refractivity contribution in [3.8, 4) is 11.5 Å². The van der Waals surface area contributed by atoms with E-state index in [4.69, 9.17) is 4.74 Å². The van der Waals surface area contributed by atoms with Gasteiger partial charge in [0.05, 0.1) is 18.0 Å². The van der Waals surface area contributed by atoms with Crippen LogP contribution in [0.25, 0.3) is 0 Å². The Morgan fingerprint density at radius 3 is 2.13 bits per heavy atom. The molecule has 0 spiro atoms. The molecule has 3 rings (SSSR count). The molecule has 0 fully saturated rings. The summed E-state index contributed by atoms with van der Waals surface area (Å²) in [7, 11) is -3.74. The summed E-state index contributed by atoms with van der Waals surface area (Å²) in [6.07, 6.45) is 1.07. The van der Waals surface area contributed by atoms with Gasteiger partial charge in [0.1, 0.15) is 12.3 Å². The highest BCUT2D eigenvalue weighted by Gasteiger charge is 2.25. The van der Waals surface area contributed by atoms with Gasteiger partial charge in [-0.1, -0.05) is 60.7 Å². The number of sulfonamides is 1. The lowest BCUT2D eigenvalue weighted by atomic mass is 10.1. The average molecular weight is 425 g/mol. The van der Waals surface area contributed by atoms with Crippen LogP contribution < -0.4 is 14.4 Å². The molecule has 0 radical (unpaired) electrons. The maximum atomic E-state index is 12.7. The molecule has 0 aliphatic heterocycles. The van der Waals surface area contributed by atoms with E-state index < -0.39 is 15.9 Å². The van der Waals surface area contributed by atoms with Crippen LogP contribution in [-0.2, 0) is 14.8 Å². The highest BCUT2D eigenvalue weighted by Crippen LogP contribution is 2.33. The van der Waals surface area contributed by atoms with E-state index in [-0.39, 0.29) is 12.6 Å². The Bertz CT molecular complexity index is 1090. The maximum Gasteiger partial charge on any atom is 0.241 e. The summed E-state index contributed by atoms with van der Waals surface area (Å²) in [5.74, 6) is 0.505. The lowest BCUT2D eigenvalue weighted by molar-refractivity contribution is -0.120. The van der Waals surface area contributed by atoms with E-state index in [1.807, 2.05) is 55.5 Å². The van der Waals surface area contributed by atoms with Gasteiger partial charge in [-0.05, 0) is 36.8 Å². The second-order valence-corrected chi connectivity index (χ2v) is 8.76. The van der Waals surface area contributed by atoms with Gasteiger partial charge in [-0.3, -0.25) is 9.10 Å². The van der Waals surface area contributed by atoms with E-state index in [1.54, 1.807) is 36.4 Å². The minimum absolute atomic E-state index is 0.254. The number of rotatable bonds is 8. The molecule has 7 heteroatoms. The first-order chi connectivity index (χ1) is 14.3. The number of nitrogens with zero attached hydrogens (tertiary/aromatic N) is 1. The molecule has 30 heavy (non-hydrogen) atoms. The molecule has 0 heterocycles. The lowest BCUT2D eigenvalue weighted by Crippen LogP contribution is -2.41. The molecule has 1 atom stereocenters. The number of ether oxygens (including phenoxy) is 1. The Labute approximate surface area is 177 Å². The highest BCUT2D eigenvalue weighted by atomic mass is 32.2. The molecule has 0 aliphatic rings. The van der Waals surface area contributed by atoms with Crippen LogP contribution in [0.5, 0.6) is 11.5 Å². The molecular weight excluding hydrogens is 400 g/mol. The normalized spacial score (nSPS) is 12.1. The van der Waals surface area contributed by atoms with E-state index in [9.17, 15) is 13.2 Å². The third-order valence-electron chi connectivity index (χ3n) is 4.47. The van der Waals surface area contributed by atoms with Crippen LogP contribution in [0.3, 0.4) is 0 Å². The molecule has 1 amide bonds. The second kappa shape index (κ2) is 9.45. The molecule has 3 aromatic rings. The quantitative estimate of drug-likeness (QED) is 0.590. The van der Waals surface area contributed by atoms with Gasteiger partial charge in [0.2, 0.25) is 15.9 Å². The Morgan fingerprint density at radius 2 is 1.50 bits per heavy atom. The van der Waals surface area contributed by atoms with Crippen LogP contribution in [0, 0.1) is 0 Å². The van der Waals surface area contributed by atoms with Crippen LogP contribution in [0.2, 0.25) is 0 Å². The number of nitrogens with one attached hydrogen (secondary N) is 1. The van der Waals surface area contributed by atoms with Gasteiger partial charge in [-0.25, -0.2) is 8.42 Å². The van der Waals surface area contributed by atoms with Gasteiger partial charge in [0, 0.05) is 0 Å². The molecule has 156 valence electrons. The predicted octanol–water partition coefficient (Wildman–Crippen LogP) is 4.12. The number of amides is 1. The van der Waals surface area contributed by atoms with E-state index in [0.717, 1.165) is 16.1 Å². The summed E-state index contributed by atoms with van der Waals surface area (Å²) < 4.78 is 32.0. The average Bonchev–Trinajstić information content (AvgIpc) is 2.73. The van der Waals surface area contributed by atoms with Gasteiger partial charge in [0.25, 0.3) is 0 Å². The molecule has 6 nitrogen and oxygen atoms in total. The fourth-order valence-electron chi connectivity index (χ4n) is 2.99. The molecule has 0 aromatic heterocycles. The van der Waals surface area contributed by atoms with Crippen LogP contribution in [0.4, 0.5) is 5.69 Å². The SMILES string of the molecule is CC(NC(=O)CN(c1ccccc1Oc1ccccc1)S(C)(=O)=O)c1ccccc1. The first-order valence-electron chi connectivity index (χ1n) is 9.48. The summed E-state index contributed by atoms with van der Waals surface area (Å²) in [6.45, 7) is 1.50. The summed E-state index contributed by atoms with van der Waals surface area (Å²) in [5, 5.41) is 2.85. The molecule has 1 N–H and O–H groups in total. The lowest BCUT2D eigenvalue weighted by Gasteiger charge is -2.25. The zero-order valence-electron chi connectivity index (χ0n) is 16.9. The number of benzene rings is 3. The summed E-state index contributed by atoms with van der Waals surface area (Å²) in [6, 6.07) is 25.0. The van der Waals surface area contributed by atoms with E-state index in [0.29, 0.717) is 17.2 Å². The van der Waals surface area contributed by atoms with Gasteiger partial charge in [0.15, 0.2) is 5.75 Å². The van der Waals surface area contributed by atoms with Crippen LogP contribution in [-0.4, -0.2) is 27.1 Å². The van der Waals surface area contributed by atoms with Crippen molar-refractivity contribution in [3.63, 3.8) is 0 Å². The number of para-hydroxylation sites is 3. The van der Waals surface area contributed by atoms with Crippen molar-refractivity contribution in [2.45, 2.75) is 13.0 Å². The molecule has 0 bridgehead atoms. The number of hydrogen-bond donors (Lipinski definition) is 1. The van der Waals surface area contributed by atoms with Gasteiger partial charge >= 0.3 is 0 Å². The molecule has 0 aliphatic carbocycles. The Balaban J connectivity index is 1.83. The number of anilines is 1. The highest BCUT2D eigenvalue weighted by molar-refractivity contribution is 7.92. The Morgan fingerprint density at radius 1 is 0.933 bits per heavy atom. The van der Waals surface area contributed by atoms with Gasteiger partial charge in [-0.2, -0.15) is 0 Å². The minimum Gasteiger partial charge on any atom is -0.455 e. The van der Waals surface area contributed by atoms with Crippen molar-refractivity contribution in [1.82, 2.24) is 5.32 Å². The molecule has 0 saturated carbocycles. The topological polar surface area (TPSA) is 75.7 Å². The first kappa shape index (κ1) is 21.4. The number of carbonyl (C=O) groups is 1. The van der Waals surface area contributed by atoms with E-state index in [1.165, 1.54) is 0 Å². The second-order valence-electron chi connectivity index (χ2n) is 6.85. The third kappa shape index (κ3) is 5.61. The van der Waals surface area contributed by atoms with E-state index >= 15 is 0 Å². The largest absolute Gasteiger partial charge is 0.455 e. The Kier molecular flexibility index (Phi) is 6.74. The van der Waals surface area contributed by atoms with Crippen molar-refractivity contribution in [1.29, 1.82) is 0 Å². The van der Waals surface area contributed by atoms with E-state index in [2.05, 4.69) is 5.32 Å². The molecule has 1 unspecified atom stereocenters. The maximum absolute atomic E-state index is 12.7. The van der Waals surface area contributed by atoms with Gasteiger partial charge < -0.3 is 10.1 Å². The monoisotopic (exact) mass is 424 g/mol.